The summed E-state index contributed by atoms with van der Waals surface area (Å²) < 4.78 is 0. The number of fused-ring (bicyclic) bond motifs is 3. The molecule has 0 amide bonds. The highest BCUT2D eigenvalue weighted by molar-refractivity contribution is 5.89. The quantitative estimate of drug-likeness (QED) is 0.0474. The molecule has 0 unspecified atom stereocenters. The minimum Gasteiger partial charge on any atom is -0.507 e. The monoisotopic (exact) mass is 1710 g/mol. The molecule has 0 saturated heterocycles. The zero-order valence-electron chi connectivity index (χ0n) is 73.5. The lowest BCUT2D eigenvalue weighted by molar-refractivity contribution is 0.345. The molecule has 18 aromatic rings. The average Bonchev–Trinajstić information content (AvgIpc) is 1.54. The molecule has 21 rings (SSSR count). The third kappa shape index (κ3) is 17.2. The molecule has 644 valence electrons. The summed E-state index contributed by atoms with van der Waals surface area (Å²) >= 11 is 0. The van der Waals surface area contributed by atoms with E-state index in [0.717, 1.165) is 137 Å². The van der Waals surface area contributed by atoms with Gasteiger partial charge in [0.25, 0.3) is 0 Å². The van der Waals surface area contributed by atoms with Gasteiger partial charge in [-0.25, -0.2) is 0 Å². The standard InChI is InChI=1S/C37H26O2.C30H28O2.C29H26O2.C27H24O2/c38-35-21-19-27(23-31(35)25-11-3-1-4-12-25)37(28-20-22-36(39)32(24-28)26-13-5-2-6-14-26)33-17-9-7-15-29(33)30-16-8-10-18-34(30)37;31-28-16-14-24(20-26(28)22-10-4-1-5-11-22)30(18-8-3-9-19-30)25-15-17-29(32)27(21-25)23-12-6-2-7-13-23;30-27-15-13-23(19-25(27)21-9-3-1-4-10-21)29(17-7-8-18-29)24-14-16-28(31)26(20-24)22-11-5-2-6-12-22;1-27(2,21-13-15-25(28)23(17-21)19-9-5-3-6-10-19)22-14-16-26(29)24(18-22)20-11-7-4-8-12-20/h1-24,38-39H;1-2,4-7,10-17,20-21,31-32H,3,8-9,18-19H2;1-6,9-16,19-20,30-31H,7-8,17-18H2;3-18,28-29H,1-2H3. The molecule has 0 heterocycles. The van der Waals surface area contributed by atoms with E-state index >= 15 is 0 Å². The van der Waals surface area contributed by atoms with Crippen LogP contribution in [-0.2, 0) is 21.7 Å². The lowest BCUT2D eigenvalue weighted by Gasteiger charge is -2.39. The van der Waals surface area contributed by atoms with Crippen LogP contribution in [-0.4, -0.2) is 40.9 Å². The topological polar surface area (TPSA) is 162 Å². The van der Waals surface area contributed by atoms with Crippen LogP contribution in [0.4, 0.5) is 0 Å². The number of aromatic hydroxyl groups is 8. The van der Waals surface area contributed by atoms with E-state index in [1.165, 1.54) is 76.6 Å². The first-order valence-corrected chi connectivity index (χ1v) is 45.3. The largest absolute Gasteiger partial charge is 0.507 e. The predicted octanol–water partition coefficient (Wildman–Crippen LogP) is 30.5. The molecule has 0 aliphatic heterocycles. The number of hydrogen-bond acceptors (Lipinski definition) is 8. The van der Waals surface area contributed by atoms with Crippen LogP contribution in [0.15, 0.2) is 437 Å². The zero-order chi connectivity index (χ0) is 90.1. The van der Waals surface area contributed by atoms with E-state index in [0.29, 0.717) is 23.0 Å². The van der Waals surface area contributed by atoms with Crippen LogP contribution in [0.2, 0.25) is 0 Å². The van der Waals surface area contributed by atoms with Crippen molar-refractivity contribution in [3.8, 4) is 146 Å². The molecule has 8 nitrogen and oxygen atoms in total. The molecule has 3 aliphatic rings. The maximum absolute atomic E-state index is 11.0. The molecule has 0 spiro atoms. The van der Waals surface area contributed by atoms with Gasteiger partial charge in [-0.1, -0.05) is 386 Å². The summed E-state index contributed by atoms with van der Waals surface area (Å²) in [6, 6.07) is 145. The minimum atomic E-state index is -0.651. The van der Waals surface area contributed by atoms with E-state index in [4.69, 9.17) is 0 Å². The highest BCUT2D eigenvalue weighted by Crippen LogP contribution is 2.59. The third-order valence-corrected chi connectivity index (χ3v) is 27.3. The Balaban J connectivity index is 0.000000118. The third-order valence-electron chi connectivity index (χ3n) is 27.3. The molecular formula is C123H104O8. The Morgan fingerprint density at radius 2 is 0.359 bits per heavy atom. The fraction of sp³-hybridized carbons (Fsp3) is 0.122. The normalized spacial score (nSPS) is 13.7. The average molecular weight is 1710 g/mol. The van der Waals surface area contributed by atoms with Crippen molar-refractivity contribution in [2.45, 2.75) is 93.3 Å². The first kappa shape index (κ1) is 86.1. The Hall–Kier alpha value is -15.6. The van der Waals surface area contributed by atoms with Gasteiger partial charge in [0, 0.05) is 60.8 Å². The number of phenols is 8. The lowest BCUT2D eigenvalue weighted by Crippen LogP contribution is -2.30. The summed E-state index contributed by atoms with van der Waals surface area (Å²) in [6.07, 6.45) is 10.2. The molecule has 8 N–H and O–H groups in total. The van der Waals surface area contributed by atoms with Gasteiger partial charge in [-0.15, -0.1) is 0 Å². The van der Waals surface area contributed by atoms with Crippen molar-refractivity contribution in [1.82, 2.24) is 0 Å². The molecule has 0 atom stereocenters. The van der Waals surface area contributed by atoms with E-state index in [1.807, 2.05) is 303 Å². The zero-order valence-corrected chi connectivity index (χ0v) is 73.5. The summed E-state index contributed by atoms with van der Waals surface area (Å²) in [5.41, 5.74) is 27.4. The van der Waals surface area contributed by atoms with E-state index < -0.39 is 5.41 Å². The second-order valence-corrected chi connectivity index (χ2v) is 35.2. The Labute approximate surface area is 767 Å². The molecule has 0 aromatic heterocycles. The number of rotatable bonds is 16. The van der Waals surface area contributed by atoms with Crippen molar-refractivity contribution in [3.05, 3.63) is 492 Å². The van der Waals surface area contributed by atoms with Gasteiger partial charge in [0.1, 0.15) is 46.0 Å². The highest BCUT2D eigenvalue weighted by Gasteiger charge is 2.47. The van der Waals surface area contributed by atoms with Gasteiger partial charge in [0.05, 0.1) is 5.41 Å². The van der Waals surface area contributed by atoms with E-state index in [1.54, 1.807) is 12.1 Å². The van der Waals surface area contributed by atoms with E-state index in [-0.39, 0.29) is 39.2 Å². The molecule has 131 heavy (non-hydrogen) atoms. The van der Waals surface area contributed by atoms with Crippen LogP contribution < -0.4 is 0 Å². The number of hydrogen-bond donors (Lipinski definition) is 8. The molecule has 2 saturated carbocycles. The van der Waals surface area contributed by atoms with Gasteiger partial charge in [0.2, 0.25) is 0 Å². The number of benzene rings is 18. The first-order chi connectivity index (χ1) is 64.0. The smallest absolute Gasteiger partial charge is 0.123 e. The highest BCUT2D eigenvalue weighted by atomic mass is 16.3. The SMILES string of the molecule is CC(C)(c1ccc(O)c(-c2ccccc2)c1)c1ccc(O)c(-c2ccccc2)c1.Oc1ccc(C2(c3ccc(O)c(-c4ccccc4)c3)CCCC2)cc1-c1ccccc1.Oc1ccc(C2(c3ccc(O)c(-c4ccccc4)c3)CCCCC2)cc1-c1ccccc1.Oc1ccc(C2(c3ccc(O)c(-c4ccccc4)c3)c3ccccc3-c3ccccc32)cc1-c1ccccc1. The molecule has 8 heteroatoms. The first-order valence-electron chi connectivity index (χ1n) is 45.3. The van der Waals surface area contributed by atoms with Gasteiger partial charge in [-0.3, -0.25) is 0 Å². The van der Waals surface area contributed by atoms with Gasteiger partial charge in [0.15, 0.2) is 0 Å². The van der Waals surface area contributed by atoms with E-state index in [9.17, 15) is 40.9 Å². The van der Waals surface area contributed by atoms with Crippen molar-refractivity contribution in [2.24, 2.45) is 0 Å². The van der Waals surface area contributed by atoms with Crippen LogP contribution in [0.3, 0.4) is 0 Å². The molecule has 3 aliphatic carbocycles. The van der Waals surface area contributed by atoms with E-state index in [2.05, 4.69) is 135 Å². The molecule has 18 aromatic carbocycles. The minimum absolute atomic E-state index is 0.117. The maximum atomic E-state index is 11.0. The van der Waals surface area contributed by atoms with Crippen molar-refractivity contribution in [2.75, 3.05) is 0 Å². The molecular weight excluding hydrogens is 1610 g/mol. The van der Waals surface area contributed by atoms with Crippen LogP contribution >= 0.6 is 0 Å². The fourth-order valence-corrected chi connectivity index (χ4v) is 20.3. The summed E-state index contributed by atoms with van der Waals surface area (Å²) in [7, 11) is 0. The van der Waals surface area contributed by atoms with Crippen LogP contribution in [0, 0.1) is 0 Å². The number of phenolic OH excluding ortho intramolecular Hbond substituents is 8. The summed E-state index contributed by atoms with van der Waals surface area (Å²) in [5.74, 6) is 2.25. The summed E-state index contributed by atoms with van der Waals surface area (Å²) in [4.78, 5) is 0. The Morgan fingerprint density at radius 3 is 0.595 bits per heavy atom. The van der Waals surface area contributed by atoms with Crippen molar-refractivity contribution in [1.29, 1.82) is 0 Å². The lowest BCUT2D eigenvalue weighted by atomic mass is 9.64. The molecule has 2 fully saturated rings. The van der Waals surface area contributed by atoms with Crippen molar-refractivity contribution in [3.63, 3.8) is 0 Å². The summed E-state index contributed by atoms with van der Waals surface area (Å²) in [6.45, 7) is 4.32. The van der Waals surface area contributed by atoms with Gasteiger partial charge in [-0.2, -0.15) is 0 Å². The maximum Gasteiger partial charge on any atom is 0.123 e. The fourth-order valence-electron chi connectivity index (χ4n) is 20.3. The Morgan fingerprint density at radius 1 is 0.176 bits per heavy atom. The molecule has 0 radical (unpaired) electrons. The molecule has 0 bridgehead atoms. The Kier molecular flexibility index (Phi) is 24.8. The van der Waals surface area contributed by atoms with Gasteiger partial charge >= 0.3 is 0 Å². The predicted molar refractivity (Wildman–Crippen MR) is 534 cm³/mol. The van der Waals surface area contributed by atoms with Crippen molar-refractivity contribution < 1.29 is 40.9 Å². The second kappa shape index (κ2) is 37.7. The van der Waals surface area contributed by atoms with Crippen LogP contribution in [0.1, 0.15) is 127 Å². The van der Waals surface area contributed by atoms with Crippen molar-refractivity contribution >= 4 is 0 Å². The summed E-state index contributed by atoms with van der Waals surface area (Å²) in [5, 5.41) is 85.2. The second-order valence-electron chi connectivity index (χ2n) is 35.2. The Bertz CT molecular complexity index is 6620. The van der Waals surface area contributed by atoms with Crippen LogP contribution in [0.25, 0.3) is 100 Å². The van der Waals surface area contributed by atoms with Gasteiger partial charge in [-0.05, 0) is 234 Å². The van der Waals surface area contributed by atoms with Crippen LogP contribution in [0.5, 0.6) is 46.0 Å². The van der Waals surface area contributed by atoms with Gasteiger partial charge < -0.3 is 40.9 Å².